The minimum absolute atomic E-state index is 0.128. The van der Waals surface area contributed by atoms with Crippen LogP contribution in [0.25, 0.3) is 10.8 Å². The standard InChI is InChI=1S/C32H34N2O/c1-6-34(7-2)31-19-23(4)30(20-27(31)21-32(35)26-17-15-22(3)16-18-26)33-24(5)28-14-10-12-25-11-8-9-13-29(25)28/h8-20H,6-7,21H2,1-5H3. The third-order valence-corrected chi connectivity index (χ3v) is 6.69. The van der Waals surface area contributed by atoms with Crippen molar-refractivity contribution in [1.82, 2.24) is 0 Å². The second kappa shape index (κ2) is 10.7. The van der Waals surface area contributed by atoms with Crippen LogP contribution in [0.1, 0.15) is 53.4 Å². The number of benzene rings is 4. The van der Waals surface area contributed by atoms with E-state index in [4.69, 9.17) is 4.99 Å². The van der Waals surface area contributed by atoms with Gasteiger partial charge in [-0.15, -0.1) is 0 Å². The quantitative estimate of drug-likeness (QED) is 0.197. The molecule has 0 aliphatic rings. The Balaban J connectivity index is 1.77. The summed E-state index contributed by atoms with van der Waals surface area (Å²) < 4.78 is 0. The topological polar surface area (TPSA) is 32.7 Å². The average Bonchev–Trinajstić information content (AvgIpc) is 2.87. The number of hydrogen-bond donors (Lipinski definition) is 0. The van der Waals surface area contributed by atoms with Gasteiger partial charge >= 0.3 is 0 Å². The summed E-state index contributed by atoms with van der Waals surface area (Å²) in [5, 5.41) is 2.40. The summed E-state index contributed by atoms with van der Waals surface area (Å²) in [5.41, 5.74) is 8.17. The van der Waals surface area contributed by atoms with Crippen molar-refractivity contribution in [2.75, 3.05) is 18.0 Å². The van der Waals surface area contributed by atoms with E-state index in [0.717, 1.165) is 58.0 Å². The molecule has 0 spiro atoms. The van der Waals surface area contributed by atoms with Crippen LogP contribution in [0, 0.1) is 13.8 Å². The van der Waals surface area contributed by atoms with Gasteiger partial charge in [-0.1, -0.05) is 72.3 Å². The van der Waals surface area contributed by atoms with E-state index in [9.17, 15) is 4.79 Å². The molecule has 0 amide bonds. The molecule has 4 aromatic rings. The molecule has 0 fully saturated rings. The molecule has 4 rings (SSSR count). The Bertz CT molecular complexity index is 1370. The predicted octanol–water partition coefficient (Wildman–Crippen LogP) is 7.87. The molecule has 0 bridgehead atoms. The second-order valence-electron chi connectivity index (χ2n) is 9.13. The van der Waals surface area contributed by atoms with Gasteiger partial charge in [0.15, 0.2) is 5.78 Å². The molecule has 0 aliphatic heterocycles. The SMILES string of the molecule is CCN(CC)c1cc(C)c(N=C(C)c2cccc3ccccc23)cc1CC(=O)c1ccc(C)cc1. The van der Waals surface area contributed by atoms with E-state index in [1.165, 1.54) is 10.8 Å². The Morgan fingerprint density at radius 2 is 1.54 bits per heavy atom. The zero-order valence-corrected chi connectivity index (χ0v) is 21.4. The molecule has 0 atom stereocenters. The van der Waals surface area contributed by atoms with Crippen LogP contribution in [-0.2, 0) is 6.42 Å². The molecule has 3 heteroatoms. The molecule has 178 valence electrons. The number of hydrogen-bond acceptors (Lipinski definition) is 3. The summed E-state index contributed by atoms with van der Waals surface area (Å²) in [6.45, 7) is 12.3. The molecule has 0 aliphatic carbocycles. The van der Waals surface area contributed by atoms with Crippen LogP contribution in [0.2, 0.25) is 0 Å². The van der Waals surface area contributed by atoms with Crippen LogP contribution in [0.15, 0.2) is 83.9 Å². The molecule has 0 unspecified atom stereocenters. The first-order valence-electron chi connectivity index (χ1n) is 12.4. The Morgan fingerprint density at radius 1 is 0.857 bits per heavy atom. The first-order valence-corrected chi connectivity index (χ1v) is 12.4. The normalized spacial score (nSPS) is 11.6. The summed E-state index contributed by atoms with van der Waals surface area (Å²) in [6, 6.07) is 26.9. The number of rotatable bonds is 8. The van der Waals surface area contributed by atoms with Crippen LogP contribution in [0.3, 0.4) is 0 Å². The third-order valence-electron chi connectivity index (χ3n) is 6.69. The lowest BCUT2D eigenvalue weighted by Crippen LogP contribution is -2.24. The molecule has 0 N–H and O–H groups in total. The van der Waals surface area contributed by atoms with E-state index >= 15 is 0 Å². The minimum Gasteiger partial charge on any atom is -0.372 e. The zero-order chi connectivity index (χ0) is 24.9. The molecule has 0 saturated heterocycles. The van der Waals surface area contributed by atoms with Crippen LogP contribution < -0.4 is 4.90 Å². The number of aryl methyl sites for hydroxylation is 2. The van der Waals surface area contributed by atoms with Gasteiger partial charge in [0.25, 0.3) is 0 Å². The van der Waals surface area contributed by atoms with E-state index in [0.29, 0.717) is 6.42 Å². The number of aliphatic imine (C=N–C) groups is 1. The minimum atomic E-state index is 0.128. The smallest absolute Gasteiger partial charge is 0.167 e. The van der Waals surface area contributed by atoms with E-state index in [-0.39, 0.29) is 5.78 Å². The van der Waals surface area contributed by atoms with Crippen molar-refractivity contribution in [2.24, 2.45) is 4.99 Å². The van der Waals surface area contributed by atoms with E-state index < -0.39 is 0 Å². The first-order chi connectivity index (χ1) is 16.9. The fraction of sp³-hybridized carbons (Fsp3) is 0.250. The fourth-order valence-electron chi connectivity index (χ4n) is 4.64. The summed E-state index contributed by atoms with van der Waals surface area (Å²) in [6.07, 6.45) is 0.352. The van der Waals surface area contributed by atoms with Gasteiger partial charge in [0.05, 0.1) is 5.69 Å². The van der Waals surface area contributed by atoms with Crippen molar-refractivity contribution in [3.63, 3.8) is 0 Å². The molecular formula is C32H34N2O. The van der Waals surface area contributed by atoms with Crippen LogP contribution in [0.4, 0.5) is 11.4 Å². The molecular weight excluding hydrogens is 428 g/mol. The van der Waals surface area contributed by atoms with Gasteiger partial charge in [-0.25, -0.2) is 0 Å². The van der Waals surface area contributed by atoms with Gasteiger partial charge in [-0.3, -0.25) is 9.79 Å². The fourth-order valence-corrected chi connectivity index (χ4v) is 4.64. The van der Waals surface area contributed by atoms with E-state index in [1.54, 1.807) is 0 Å². The highest BCUT2D eigenvalue weighted by atomic mass is 16.1. The Labute approximate surface area is 209 Å². The predicted molar refractivity (Wildman–Crippen MR) is 150 cm³/mol. The number of anilines is 1. The number of carbonyl (C=O) groups excluding carboxylic acids is 1. The summed E-state index contributed by atoms with van der Waals surface area (Å²) in [4.78, 5) is 20.6. The molecule has 4 aromatic carbocycles. The number of carbonyl (C=O) groups is 1. The second-order valence-corrected chi connectivity index (χ2v) is 9.13. The highest BCUT2D eigenvalue weighted by Crippen LogP contribution is 2.32. The van der Waals surface area contributed by atoms with Gasteiger partial charge < -0.3 is 4.90 Å². The number of ketones is 1. The molecule has 0 saturated carbocycles. The molecule has 0 heterocycles. The lowest BCUT2D eigenvalue weighted by molar-refractivity contribution is 0.0993. The molecule has 0 aromatic heterocycles. The van der Waals surface area contributed by atoms with Gasteiger partial charge in [0.1, 0.15) is 0 Å². The largest absolute Gasteiger partial charge is 0.372 e. The summed E-state index contributed by atoms with van der Waals surface area (Å²) in [5.74, 6) is 0.128. The molecule has 3 nitrogen and oxygen atoms in total. The molecule has 35 heavy (non-hydrogen) atoms. The Morgan fingerprint density at radius 3 is 2.26 bits per heavy atom. The van der Waals surface area contributed by atoms with Crippen molar-refractivity contribution < 1.29 is 4.79 Å². The van der Waals surface area contributed by atoms with Crippen molar-refractivity contribution in [1.29, 1.82) is 0 Å². The lowest BCUT2D eigenvalue weighted by atomic mass is 9.97. The van der Waals surface area contributed by atoms with Gasteiger partial charge in [0.2, 0.25) is 0 Å². The number of Topliss-reactive ketones (excluding diaryl/α,β-unsaturated/α-hetero) is 1. The lowest BCUT2D eigenvalue weighted by Gasteiger charge is -2.25. The average molecular weight is 463 g/mol. The van der Waals surface area contributed by atoms with Crippen molar-refractivity contribution >= 4 is 33.6 Å². The first kappa shape index (κ1) is 24.4. The van der Waals surface area contributed by atoms with Crippen molar-refractivity contribution in [3.05, 3.63) is 107 Å². The van der Waals surface area contributed by atoms with E-state index in [1.807, 2.05) is 31.2 Å². The maximum absolute atomic E-state index is 13.2. The highest BCUT2D eigenvalue weighted by Gasteiger charge is 2.16. The summed E-state index contributed by atoms with van der Waals surface area (Å²) >= 11 is 0. The highest BCUT2D eigenvalue weighted by molar-refractivity contribution is 6.10. The summed E-state index contributed by atoms with van der Waals surface area (Å²) in [7, 11) is 0. The number of fused-ring (bicyclic) bond motifs is 1. The van der Waals surface area contributed by atoms with Gasteiger partial charge in [-0.2, -0.15) is 0 Å². The molecule has 0 radical (unpaired) electrons. The van der Waals surface area contributed by atoms with Crippen LogP contribution in [-0.4, -0.2) is 24.6 Å². The van der Waals surface area contributed by atoms with Crippen molar-refractivity contribution in [2.45, 2.75) is 41.0 Å². The maximum Gasteiger partial charge on any atom is 0.167 e. The van der Waals surface area contributed by atoms with Crippen LogP contribution >= 0.6 is 0 Å². The van der Waals surface area contributed by atoms with E-state index in [2.05, 4.69) is 87.2 Å². The van der Waals surface area contributed by atoms with Crippen molar-refractivity contribution in [3.8, 4) is 0 Å². The van der Waals surface area contributed by atoms with Gasteiger partial charge in [0, 0.05) is 42.0 Å². The zero-order valence-electron chi connectivity index (χ0n) is 21.4. The Hall–Kier alpha value is -3.72. The van der Waals surface area contributed by atoms with Crippen LogP contribution in [0.5, 0.6) is 0 Å². The third kappa shape index (κ3) is 5.35. The number of nitrogens with zero attached hydrogens (tertiary/aromatic N) is 2. The Kier molecular flexibility index (Phi) is 7.45. The van der Waals surface area contributed by atoms with Gasteiger partial charge in [-0.05, 0) is 68.7 Å². The maximum atomic E-state index is 13.2. The monoisotopic (exact) mass is 462 g/mol.